The highest BCUT2D eigenvalue weighted by atomic mass is 19.2. The predicted molar refractivity (Wildman–Crippen MR) is 88.9 cm³/mol. The largest absolute Gasteiger partial charge is 0.352 e. The van der Waals surface area contributed by atoms with Crippen molar-refractivity contribution in [3.63, 3.8) is 0 Å². The highest BCUT2D eigenvalue weighted by Gasteiger charge is 2.20. The van der Waals surface area contributed by atoms with Crippen molar-refractivity contribution in [2.75, 3.05) is 13.1 Å². The second kappa shape index (κ2) is 7.42. The van der Waals surface area contributed by atoms with Crippen LogP contribution in [0, 0.1) is 11.6 Å². The van der Waals surface area contributed by atoms with Gasteiger partial charge >= 0.3 is 0 Å². The normalized spacial score (nSPS) is 13.3. The van der Waals surface area contributed by atoms with E-state index in [1.54, 1.807) is 4.90 Å². The minimum absolute atomic E-state index is 0.0262. The molecule has 1 aliphatic rings. The van der Waals surface area contributed by atoms with Crippen LogP contribution in [0.3, 0.4) is 0 Å². The molecule has 0 spiro atoms. The monoisotopic (exact) mass is 344 g/mol. The molecule has 0 atom stereocenters. The fourth-order valence-corrected chi connectivity index (χ4v) is 2.89. The summed E-state index contributed by atoms with van der Waals surface area (Å²) in [5.74, 6) is -2.65. The highest BCUT2D eigenvalue weighted by molar-refractivity contribution is 5.94. The van der Waals surface area contributed by atoms with Gasteiger partial charge in [-0.25, -0.2) is 8.78 Å². The molecule has 1 aliphatic heterocycles. The molecular weight excluding hydrogens is 326 g/mol. The maximum absolute atomic E-state index is 13.1. The summed E-state index contributed by atoms with van der Waals surface area (Å²) in [4.78, 5) is 26.0. The molecule has 0 aliphatic carbocycles. The minimum atomic E-state index is -1.07. The number of carbonyl (C=O) groups is 2. The summed E-state index contributed by atoms with van der Waals surface area (Å²) in [5.41, 5.74) is 2.43. The first-order chi connectivity index (χ1) is 12.0. The number of rotatable bonds is 4. The van der Waals surface area contributed by atoms with E-state index in [9.17, 15) is 18.4 Å². The number of hydrogen-bond acceptors (Lipinski definition) is 2. The first-order valence-electron chi connectivity index (χ1n) is 8.12. The molecule has 0 fully saturated rings. The fourth-order valence-electron chi connectivity index (χ4n) is 2.89. The van der Waals surface area contributed by atoms with Crippen LogP contribution in [-0.4, -0.2) is 29.8 Å². The van der Waals surface area contributed by atoms with Crippen LogP contribution >= 0.6 is 0 Å². The van der Waals surface area contributed by atoms with E-state index in [0.29, 0.717) is 13.1 Å². The molecule has 0 aromatic heterocycles. The average Bonchev–Trinajstić information content (AvgIpc) is 2.63. The molecule has 0 saturated carbocycles. The first kappa shape index (κ1) is 17.1. The van der Waals surface area contributed by atoms with E-state index in [1.165, 1.54) is 11.6 Å². The lowest BCUT2D eigenvalue weighted by Gasteiger charge is -2.29. The molecule has 2 aromatic rings. The second-order valence-corrected chi connectivity index (χ2v) is 5.97. The quantitative estimate of drug-likeness (QED) is 0.927. The van der Waals surface area contributed by atoms with E-state index >= 15 is 0 Å². The van der Waals surface area contributed by atoms with Crippen molar-refractivity contribution in [2.24, 2.45) is 0 Å². The topological polar surface area (TPSA) is 49.4 Å². The number of nitrogens with zero attached hydrogens (tertiary/aromatic N) is 1. The van der Waals surface area contributed by atoms with Gasteiger partial charge in [-0.05, 0) is 35.7 Å². The Balaban J connectivity index is 1.50. The smallest absolute Gasteiger partial charge is 0.251 e. The number of nitrogens with one attached hydrogen (secondary N) is 1. The Kier molecular flexibility index (Phi) is 5.07. The predicted octanol–water partition coefficient (Wildman–Crippen LogP) is 2.67. The standard InChI is InChI=1S/C19H18F2N2O2/c20-16-6-5-14(11-17(16)21)19(25)22-9-7-18(24)23-10-8-13-3-1-2-4-15(13)12-23/h1-6,11H,7-10,12H2,(H,22,25). The molecule has 6 heteroatoms. The van der Waals surface area contributed by atoms with Crippen LogP contribution in [0.5, 0.6) is 0 Å². The van der Waals surface area contributed by atoms with Crippen molar-refractivity contribution in [3.05, 3.63) is 70.8 Å². The Morgan fingerprint density at radius 2 is 1.80 bits per heavy atom. The van der Waals surface area contributed by atoms with E-state index < -0.39 is 17.5 Å². The van der Waals surface area contributed by atoms with Crippen LogP contribution in [0.1, 0.15) is 27.9 Å². The third kappa shape index (κ3) is 4.02. The summed E-state index contributed by atoms with van der Waals surface area (Å²) >= 11 is 0. The molecule has 2 amide bonds. The summed E-state index contributed by atoms with van der Waals surface area (Å²) in [5, 5.41) is 2.56. The summed E-state index contributed by atoms with van der Waals surface area (Å²) in [6, 6.07) is 11.0. The van der Waals surface area contributed by atoms with Gasteiger partial charge in [-0.2, -0.15) is 0 Å². The van der Waals surface area contributed by atoms with Crippen molar-refractivity contribution in [3.8, 4) is 0 Å². The summed E-state index contributed by atoms with van der Waals surface area (Å²) in [7, 11) is 0. The van der Waals surface area contributed by atoms with E-state index in [4.69, 9.17) is 0 Å². The maximum Gasteiger partial charge on any atom is 0.251 e. The fraction of sp³-hybridized carbons (Fsp3) is 0.263. The Bertz CT molecular complexity index is 808. The summed E-state index contributed by atoms with van der Waals surface area (Å²) in [6.45, 7) is 1.38. The molecule has 0 radical (unpaired) electrons. The third-order valence-electron chi connectivity index (χ3n) is 4.29. The molecule has 3 rings (SSSR count). The van der Waals surface area contributed by atoms with Gasteiger partial charge < -0.3 is 10.2 Å². The van der Waals surface area contributed by atoms with Gasteiger partial charge in [-0.15, -0.1) is 0 Å². The number of hydrogen-bond donors (Lipinski definition) is 1. The van der Waals surface area contributed by atoms with Crippen molar-refractivity contribution >= 4 is 11.8 Å². The van der Waals surface area contributed by atoms with Gasteiger partial charge in [0.25, 0.3) is 5.91 Å². The molecule has 0 unspecified atom stereocenters. The lowest BCUT2D eigenvalue weighted by Crippen LogP contribution is -2.38. The second-order valence-electron chi connectivity index (χ2n) is 5.97. The van der Waals surface area contributed by atoms with Crippen LogP contribution in [0.15, 0.2) is 42.5 Å². The van der Waals surface area contributed by atoms with Crippen LogP contribution < -0.4 is 5.32 Å². The molecule has 0 saturated heterocycles. The molecule has 2 aromatic carbocycles. The zero-order valence-corrected chi connectivity index (χ0v) is 13.6. The molecule has 130 valence electrons. The Morgan fingerprint density at radius 1 is 1.04 bits per heavy atom. The van der Waals surface area contributed by atoms with E-state index in [2.05, 4.69) is 11.4 Å². The van der Waals surface area contributed by atoms with Crippen molar-refractivity contribution in [2.45, 2.75) is 19.4 Å². The van der Waals surface area contributed by atoms with E-state index in [0.717, 1.165) is 24.1 Å². The lowest BCUT2D eigenvalue weighted by molar-refractivity contribution is -0.131. The van der Waals surface area contributed by atoms with Gasteiger partial charge in [-0.1, -0.05) is 24.3 Å². The van der Waals surface area contributed by atoms with Crippen molar-refractivity contribution in [1.82, 2.24) is 10.2 Å². The molecule has 1 heterocycles. The zero-order chi connectivity index (χ0) is 17.8. The number of fused-ring (bicyclic) bond motifs is 1. The zero-order valence-electron chi connectivity index (χ0n) is 13.6. The minimum Gasteiger partial charge on any atom is -0.352 e. The summed E-state index contributed by atoms with van der Waals surface area (Å²) in [6.07, 6.45) is 0.987. The van der Waals surface area contributed by atoms with Crippen LogP contribution in [0.4, 0.5) is 8.78 Å². The first-order valence-corrected chi connectivity index (χ1v) is 8.12. The Hall–Kier alpha value is -2.76. The van der Waals surface area contributed by atoms with Crippen LogP contribution in [0.25, 0.3) is 0 Å². The van der Waals surface area contributed by atoms with Crippen LogP contribution in [-0.2, 0) is 17.8 Å². The SMILES string of the molecule is O=C(NCCC(=O)N1CCc2ccccc2C1)c1ccc(F)c(F)c1. The van der Waals surface area contributed by atoms with E-state index in [1.807, 2.05) is 18.2 Å². The van der Waals surface area contributed by atoms with Crippen LogP contribution in [0.2, 0.25) is 0 Å². The van der Waals surface area contributed by atoms with Gasteiger partial charge in [0.1, 0.15) is 0 Å². The number of carbonyl (C=O) groups excluding carboxylic acids is 2. The van der Waals surface area contributed by atoms with Crippen molar-refractivity contribution in [1.29, 1.82) is 0 Å². The van der Waals surface area contributed by atoms with Gasteiger partial charge in [0.2, 0.25) is 5.91 Å². The average molecular weight is 344 g/mol. The van der Waals surface area contributed by atoms with Gasteiger partial charge in [0.15, 0.2) is 11.6 Å². The van der Waals surface area contributed by atoms with Gasteiger partial charge in [-0.3, -0.25) is 9.59 Å². The number of amides is 2. The maximum atomic E-state index is 13.1. The Morgan fingerprint density at radius 3 is 2.56 bits per heavy atom. The molecule has 25 heavy (non-hydrogen) atoms. The molecule has 4 nitrogen and oxygen atoms in total. The molecule has 0 bridgehead atoms. The third-order valence-corrected chi connectivity index (χ3v) is 4.29. The molecular formula is C19H18F2N2O2. The summed E-state index contributed by atoms with van der Waals surface area (Å²) < 4.78 is 26.0. The highest BCUT2D eigenvalue weighted by Crippen LogP contribution is 2.18. The molecule has 1 N–H and O–H groups in total. The Labute approximate surface area is 144 Å². The van der Waals surface area contributed by atoms with Gasteiger partial charge in [0, 0.05) is 31.6 Å². The van der Waals surface area contributed by atoms with E-state index in [-0.39, 0.29) is 24.4 Å². The lowest BCUT2D eigenvalue weighted by atomic mass is 10.00. The van der Waals surface area contributed by atoms with Gasteiger partial charge in [0.05, 0.1) is 0 Å². The number of halogens is 2. The number of benzene rings is 2. The van der Waals surface area contributed by atoms with Crippen molar-refractivity contribution < 1.29 is 18.4 Å².